The third kappa shape index (κ3) is 5.13. The Hall–Kier alpha value is -2.72. The number of carbonyl (C=O) groups is 1. The first kappa shape index (κ1) is 23.0. The molecule has 0 atom stereocenters. The maximum atomic E-state index is 13.2. The molecule has 2 N–H and O–H groups in total. The van der Waals surface area contributed by atoms with Crippen LogP contribution < -0.4 is 5.73 Å². The number of alkyl halides is 6. The number of primary amides is 1. The van der Waals surface area contributed by atoms with Crippen molar-refractivity contribution in [2.75, 3.05) is 0 Å². The van der Waals surface area contributed by atoms with Gasteiger partial charge in [-0.05, 0) is 30.3 Å². The van der Waals surface area contributed by atoms with Crippen LogP contribution in [0.3, 0.4) is 0 Å². The third-order valence-electron chi connectivity index (χ3n) is 4.18. The lowest BCUT2D eigenvalue weighted by Crippen LogP contribution is -2.13. The highest BCUT2D eigenvalue weighted by Crippen LogP contribution is 2.37. The molecule has 3 rings (SSSR count). The molecule has 0 saturated carbocycles. The summed E-state index contributed by atoms with van der Waals surface area (Å²) < 4.78 is 79.8. The standard InChI is InChI=1S/C19H11Cl2F6N3O/c20-14-2-1-9(3-15(14)21)17-10(4-16(28)31)8-30(29-17)13-6-11(18(22,23)24)5-12(7-13)19(25,26)27/h1-3,5-8H,4H2,(H2,28,31). The quantitative estimate of drug-likeness (QED) is 0.470. The maximum Gasteiger partial charge on any atom is 0.416 e. The lowest BCUT2D eigenvalue weighted by molar-refractivity contribution is -0.143. The fraction of sp³-hybridized carbons (Fsp3) is 0.158. The summed E-state index contributed by atoms with van der Waals surface area (Å²) in [6.45, 7) is 0. The molecule has 12 heteroatoms. The van der Waals surface area contributed by atoms with E-state index in [4.69, 9.17) is 28.9 Å². The number of benzene rings is 2. The van der Waals surface area contributed by atoms with Crippen LogP contribution in [0.5, 0.6) is 0 Å². The topological polar surface area (TPSA) is 60.9 Å². The van der Waals surface area contributed by atoms with Gasteiger partial charge in [-0.2, -0.15) is 31.4 Å². The van der Waals surface area contributed by atoms with Crippen molar-refractivity contribution >= 4 is 29.1 Å². The molecule has 3 aromatic rings. The van der Waals surface area contributed by atoms with Crippen LogP contribution in [-0.4, -0.2) is 15.7 Å². The van der Waals surface area contributed by atoms with Crippen molar-refractivity contribution in [1.29, 1.82) is 0 Å². The Morgan fingerprint density at radius 1 is 0.935 bits per heavy atom. The van der Waals surface area contributed by atoms with Gasteiger partial charge in [0.25, 0.3) is 0 Å². The third-order valence-corrected chi connectivity index (χ3v) is 4.92. The van der Waals surface area contributed by atoms with Gasteiger partial charge in [-0.3, -0.25) is 4.79 Å². The molecule has 0 saturated heterocycles. The first-order chi connectivity index (χ1) is 14.3. The van der Waals surface area contributed by atoms with Crippen LogP contribution in [0.2, 0.25) is 10.0 Å². The summed E-state index contributed by atoms with van der Waals surface area (Å²) in [4.78, 5) is 11.4. The summed E-state index contributed by atoms with van der Waals surface area (Å²) in [5.74, 6) is -0.777. The zero-order valence-corrected chi connectivity index (χ0v) is 16.7. The number of amides is 1. The summed E-state index contributed by atoms with van der Waals surface area (Å²) in [5.41, 5.74) is 2.33. The molecule has 0 radical (unpaired) electrons. The van der Waals surface area contributed by atoms with Crippen LogP contribution in [0.1, 0.15) is 16.7 Å². The van der Waals surface area contributed by atoms with E-state index < -0.39 is 35.1 Å². The minimum Gasteiger partial charge on any atom is -0.369 e. The second kappa shape index (κ2) is 8.08. The Labute approximate surface area is 181 Å². The van der Waals surface area contributed by atoms with Crippen molar-refractivity contribution in [2.24, 2.45) is 5.73 Å². The Balaban J connectivity index is 2.22. The number of carbonyl (C=O) groups excluding carboxylic acids is 1. The summed E-state index contributed by atoms with van der Waals surface area (Å²) in [5, 5.41) is 4.45. The largest absolute Gasteiger partial charge is 0.416 e. The molecule has 0 aliphatic carbocycles. The van der Waals surface area contributed by atoms with Crippen molar-refractivity contribution in [3.05, 3.63) is 69.3 Å². The molecular weight excluding hydrogens is 471 g/mol. The van der Waals surface area contributed by atoms with Gasteiger partial charge in [-0.1, -0.05) is 29.3 Å². The highest BCUT2D eigenvalue weighted by Gasteiger charge is 2.37. The Morgan fingerprint density at radius 3 is 2.00 bits per heavy atom. The second-order valence-electron chi connectivity index (χ2n) is 6.48. The fourth-order valence-electron chi connectivity index (χ4n) is 2.82. The van der Waals surface area contributed by atoms with E-state index in [1.54, 1.807) is 0 Å². The van der Waals surface area contributed by atoms with E-state index in [9.17, 15) is 31.1 Å². The predicted octanol–water partition coefficient (Wildman–Crippen LogP) is 5.91. The lowest BCUT2D eigenvalue weighted by Gasteiger charge is -2.14. The molecule has 0 aliphatic rings. The monoisotopic (exact) mass is 481 g/mol. The number of halogens is 8. The summed E-state index contributed by atoms with van der Waals surface area (Å²) in [7, 11) is 0. The Kier molecular flexibility index (Phi) is 5.98. The van der Waals surface area contributed by atoms with E-state index in [1.165, 1.54) is 18.2 Å². The molecule has 164 valence electrons. The average molecular weight is 482 g/mol. The highest BCUT2D eigenvalue weighted by atomic mass is 35.5. The smallest absolute Gasteiger partial charge is 0.369 e. The number of nitrogens with zero attached hydrogens (tertiary/aromatic N) is 2. The minimum atomic E-state index is -5.02. The summed E-state index contributed by atoms with van der Waals surface area (Å²) >= 11 is 11.8. The number of aromatic nitrogens is 2. The minimum absolute atomic E-state index is 0.0111. The first-order valence-electron chi connectivity index (χ1n) is 8.38. The number of nitrogens with two attached hydrogens (primary N) is 1. The lowest BCUT2D eigenvalue weighted by atomic mass is 10.1. The van der Waals surface area contributed by atoms with Crippen LogP contribution >= 0.6 is 23.2 Å². The first-order valence-corrected chi connectivity index (χ1v) is 9.13. The van der Waals surface area contributed by atoms with Crippen LogP contribution in [0.25, 0.3) is 16.9 Å². The maximum absolute atomic E-state index is 13.2. The van der Waals surface area contributed by atoms with Gasteiger partial charge in [0, 0.05) is 17.3 Å². The van der Waals surface area contributed by atoms with E-state index in [-0.39, 0.29) is 33.8 Å². The second-order valence-corrected chi connectivity index (χ2v) is 7.30. The van der Waals surface area contributed by atoms with Gasteiger partial charge in [0.05, 0.1) is 39.0 Å². The Bertz CT molecular complexity index is 1120. The van der Waals surface area contributed by atoms with E-state index in [1.807, 2.05) is 0 Å². The van der Waals surface area contributed by atoms with Crippen LogP contribution in [-0.2, 0) is 23.6 Å². The molecule has 0 spiro atoms. The number of rotatable bonds is 4. The van der Waals surface area contributed by atoms with E-state index in [0.717, 1.165) is 10.9 Å². The van der Waals surface area contributed by atoms with Crippen molar-refractivity contribution < 1.29 is 31.1 Å². The van der Waals surface area contributed by atoms with Crippen LogP contribution in [0.4, 0.5) is 26.3 Å². The van der Waals surface area contributed by atoms with Crippen molar-refractivity contribution in [1.82, 2.24) is 9.78 Å². The predicted molar refractivity (Wildman–Crippen MR) is 102 cm³/mol. The molecule has 0 bridgehead atoms. The fourth-order valence-corrected chi connectivity index (χ4v) is 3.11. The van der Waals surface area contributed by atoms with Gasteiger partial charge in [-0.15, -0.1) is 0 Å². The number of hydrogen-bond acceptors (Lipinski definition) is 2. The van der Waals surface area contributed by atoms with Crippen LogP contribution in [0.15, 0.2) is 42.6 Å². The van der Waals surface area contributed by atoms with Crippen molar-refractivity contribution in [3.8, 4) is 16.9 Å². The molecule has 1 heterocycles. The molecule has 2 aromatic carbocycles. The molecule has 0 unspecified atom stereocenters. The molecule has 1 amide bonds. The van der Waals surface area contributed by atoms with Gasteiger partial charge in [0.2, 0.25) is 5.91 Å². The molecule has 0 fully saturated rings. The van der Waals surface area contributed by atoms with E-state index >= 15 is 0 Å². The SMILES string of the molecule is NC(=O)Cc1cn(-c2cc(C(F)(F)F)cc(C(F)(F)F)c2)nc1-c1ccc(Cl)c(Cl)c1. The zero-order valence-electron chi connectivity index (χ0n) is 15.2. The van der Waals surface area contributed by atoms with E-state index in [0.29, 0.717) is 17.7 Å². The molecule has 0 aliphatic heterocycles. The molecular formula is C19H11Cl2F6N3O. The highest BCUT2D eigenvalue weighted by molar-refractivity contribution is 6.42. The Morgan fingerprint density at radius 2 is 1.52 bits per heavy atom. The molecule has 31 heavy (non-hydrogen) atoms. The average Bonchev–Trinajstić information content (AvgIpc) is 3.05. The molecule has 4 nitrogen and oxygen atoms in total. The summed E-state index contributed by atoms with van der Waals surface area (Å²) in [6, 6.07) is 5.37. The van der Waals surface area contributed by atoms with E-state index in [2.05, 4.69) is 5.10 Å². The van der Waals surface area contributed by atoms with Gasteiger partial charge in [-0.25, -0.2) is 4.68 Å². The van der Waals surface area contributed by atoms with Crippen LogP contribution in [0, 0.1) is 0 Å². The van der Waals surface area contributed by atoms with Crippen molar-refractivity contribution in [3.63, 3.8) is 0 Å². The van der Waals surface area contributed by atoms with Gasteiger partial charge in [0.1, 0.15) is 0 Å². The normalized spacial score (nSPS) is 12.3. The zero-order chi connectivity index (χ0) is 23.1. The molecule has 1 aromatic heterocycles. The van der Waals surface area contributed by atoms with Gasteiger partial charge < -0.3 is 5.73 Å². The summed E-state index contributed by atoms with van der Waals surface area (Å²) in [6.07, 6.45) is -9.27. The van der Waals surface area contributed by atoms with Gasteiger partial charge >= 0.3 is 12.4 Å². The van der Waals surface area contributed by atoms with Gasteiger partial charge in [0.15, 0.2) is 0 Å². The number of hydrogen-bond donors (Lipinski definition) is 1. The van der Waals surface area contributed by atoms with Crippen molar-refractivity contribution in [2.45, 2.75) is 18.8 Å².